The van der Waals surface area contributed by atoms with Crippen LogP contribution in [0.3, 0.4) is 0 Å². The molecule has 90 valence electrons. The summed E-state index contributed by atoms with van der Waals surface area (Å²) < 4.78 is 5.32. The summed E-state index contributed by atoms with van der Waals surface area (Å²) in [7, 11) is 0. The van der Waals surface area contributed by atoms with E-state index in [2.05, 4.69) is 5.32 Å². The molecule has 15 heavy (non-hydrogen) atoms. The van der Waals surface area contributed by atoms with Gasteiger partial charge in [-0.1, -0.05) is 12.8 Å². The van der Waals surface area contributed by atoms with Crippen molar-refractivity contribution in [1.29, 1.82) is 0 Å². The second-order valence-electron chi connectivity index (χ2n) is 4.40. The monoisotopic (exact) mass is 215 g/mol. The first-order valence-electron chi connectivity index (χ1n) is 6.33. The van der Waals surface area contributed by atoms with Crippen molar-refractivity contribution in [3.05, 3.63) is 0 Å². The maximum absolute atomic E-state index is 8.61. The Labute approximate surface area is 93.2 Å². The van der Waals surface area contributed by atoms with E-state index in [4.69, 9.17) is 9.84 Å². The van der Waals surface area contributed by atoms with Gasteiger partial charge in [0.25, 0.3) is 0 Å². The van der Waals surface area contributed by atoms with E-state index in [1.165, 1.54) is 25.7 Å². The van der Waals surface area contributed by atoms with Crippen molar-refractivity contribution in [2.24, 2.45) is 5.92 Å². The first kappa shape index (κ1) is 12.9. The Morgan fingerprint density at radius 3 is 2.53 bits per heavy atom. The van der Waals surface area contributed by atoms with Crippen LogP contribution in [0.1, 0.15) is 38.5 Å². The number of ether oxygens (including phenoxy) is 1. The molecule has 0 aliphatic carbocycles. The lowest BCUT2D eigenvalue weighted by Crippen LogP contribution is -2.28. The average molecular weight is 215 g/mol. The van der Waals surface area contributed by atoms with Crippen LogP contribution in [-0.2, 0) is 4.74 Å². The minimum atomic E-state index is 0.343. The van der Waals surface area contributed by atoms with Crippen LogP contribution >= 0.6 is 0 Å². The fraction of sp³-hybridized carbons (Fsp3) is 1.00. The molecule has 0 spiro atoms. The number of aliphatic hydroxyl groups excluding tert-OH is 1. The molecule has 0 radical (unpaired) electrons. The Bertz CT molecular complexity index is 136. The van der Waals surface area contributed by atoms with Gasteiger partial charge in [0, 0.05) is 19.8 Å². The lowest BCUT2D eigenvalue weighted by atomic mass is 10.0. The molecule has 0 amide bonds. The minimum Gasteiger partial charge on any atom is -0.396 e. The van der Waals surface area contributed by atoms with Gasteiger partial charge in [-0.2, -0.15) is 0 Å². The van der Waals surface area contributed by atoms with Crippen LogP contribution in [0.2, 0.25) is 0 Å². The Morgan fingerprint density at radius 2 is 1.80 bits per heavy atom. The van der Waals surface area contributed by atoms with E-state index in [9.17, 15) is 0 Å². The second-order valence-corrected chi connectivity index (χ2v) is 4.40. The third-order valence-electron chi connectivity index (χ3n) is 3.04. The fourth-order valence-corrected chi connectivity index (χ4v) is 1.97. The molecular weight excluding hydrogens is 190 g/mol. The number of nitrogens with one attached hydrogen (secondary N) is 1. The van der Waals surface area contributed by atoms with E-state index in [0.717, 1.165) is 45.1 Å². The largest absolute Gasteiger partial charge is 0.396 e. The van der Waals surface area contributed by atoms with Crippen molar-refractivity contribution >= 4 is 0 Å². The topological polar surface area (TPSA) is 41.5 Å². The van der Waals surface area contributed by atoms with Gasteiger partial charge >= 0.3 is 0 Å². The number of hydrogen-bond acceptors (Lipinski definition) is 3. The van der Waals surface area contributed by atoms with E-state index in [1.54, 1.807) is 0 Å². The van der Waals surface area contributed by atoms with Gasteiger partial charge < -0.3 is 15.2 Å². The zero-order valence-electron chi connectivity index (χ0n) is 9.71. The SMILES string of the molecule is OCCCCCCNCC1CCOCC1. The molecule has 2 N–H and O–H groups in total. The van der Waals surface area contributed by atoms with E-state index in [0.29, 0.717) is 6.61 Å². The summed E-state index contributed by atoms with van der Waals surface area (Å²) in [6, 6.07) is 0. The smallest absolute Gasteiger partial charge is 0.0469 e. The highest BCUT2D eigenvalue weighted by Gasteiger charge is 2.12. The zero-order chi connectivity index (χ0) is 10.8. The van der Waals surface area contributed by atoms with Crippen LogP contribution in [0, 0.1) is 5.92 Å². The first-order chi connectivity index (χ1) is 7.43. The molecule has 3 nitrogen and oxygen atoms in total. The highest BCUT2D eigenvalue weighted by molar-refractivity contribution is 4.65. The first-order valence-corrected chi connectivity index (χ1v) is 6.33. The summed E-state index contributed by atoms with van der Waals surface area (Å²) in [5.74, 6) is 0.830. The summed E-state index contributed by atoms with van der Waals surface area (Å²) in [5.41, 5.74) is 0. The van der Waals surface area contributed by atoms with Crippen LogP contribution in [0.4, 0.5) is 0 Å². The molecule has 1 saturated heterocycles. The maximum Gasteiger partial charge on any atom is 0.0469 e. The lowest BCUT2D eigenvalue weighted by Gasteiger charge is -2.22. The summed E-state index contributed by atoms with van der Waals surface area (Å²) in [5, 5.41) is 12.1. The molecule has 1 fully saturated rings. The molecule has 0 aromatic carbocycles. The van der Waals surface area contributed by atoms with Crippen LogP contribution in [0.15, 0.2) is 0 Å². The van der Waals surface area contributed by atoms with Gasteiger partial charge in [-0.15, -0.1) is 0 Å². The molecule has 0 aromatic rings. The van der Waals surface area contributed by atoms with Crippen molar-refractivity contribution in [1.82, 2.24) is 5.32 Å². The highest BCUT2D eigenvalue weighted by atomic mass is 16.5. The molecule has 0 unspecified atom stereocenters. The van der Waals surface area contributed by atoms with Crippen molar-refractivity contribution in [2.75, 3.05) is 32.9 Å². The molecular formula is C12H25NO2. The predicted molar refractivity (Wildman–Crippen MR) is 62.0 cm³/mol. The second kappa shape index (κ2) is 9.13. The van der Waals surface area contributed by atoms with Gasteiger partial charge in [-0.3, -0.25) is 0 Å². The number of aliphatic hydroxyl groups is 1. The highest BCUT2D eigenvalue weighted by Crippen LogP contribution is 2.13. The van der Waals surface area contributed by atoms with Gasteiger partial charge in [0.15, 0.2) is 0 Å². The Balaban J connectivity index is 1.79. The number of rotatable bonds is 8. The third kappa shape index (κ3) is 6.88. The van der Waals surface area contributed by atoms with Gasteiger partial charge in [-0.05, 0) is 44.7 Å². The van der Waals surface area contributed by atoms with E-state index < -0.39 is 0 Å². The molecule has 3 heteroatoms. The zero-order valence-corrected chi connectivity index (χ0v) is 9.71. The van der Waals surface area contributed by atoms with Crippen LogP contribution in [0.25, 0.3) is 0 Å². The van der Waals surface area contributed by atoms with Gasteiger partial charge in [0.1, 0.15) is 0 Å². The van der Waals surface area contributed by atoms with Crippen molar-refractivity contribution in [3.63, 3.8) is 0 Å². The number of hydrogen-bond donors (Lipinski definition) is 2. The summed E-state index contributed by atoms with van der Waals surface area (Å²) in [4.78, 5) is 0. The Morgan fingerprint density at radius 1 is 1.07 bits per heavy atom. The normalized spacial score (nSPS) is 18.2. The standard InChI is InChI=1S/C12H25NO2/c14-8-4-2-1-3-7-13-11-12-5-9-15-10-6-12/h12-14H,1-11H2. The van der Waals surface area contributed by atoms with Gasteiger partial charge in [0.2, 0.25) is 0 Å². The van der Waals surface area contributed by atoms with Gasteiger partial charge in [-0.25, -0.2) is 0 Å². The summed E-state index contributed by atoms with van der Waals surface area (Å²) in [6.07, 6.45) is 7.04. The van der Waals surface area contributed by atoms with Crippen LogP contribution in [0.5, 0.6) is 0 Å². The third-order valence-corrected chi connectivity index (χ3v) is 3.04. The summed E-state index contributed by atoms with van der Waals surface area (Å²) in [6.45, 7) is 4.52. The quantitative estimate of drug-likeness (QED) is 0.604. The van der Waals surface area contributed by atoms with E-state index >= 15 is 0 Å². The van der Waals surface area contributed by atoms with Crippen molar-refractivity contribution in [2.45, 2.75) is 38.5 Å². The summed E-state index contributed by atoms with van der Waals surface area (Å²) >= 11 is 0. The molecule has 1 aliphatic rings. The molecule has 0 bridgehead atoms. The molecule has 0 atom stereocenters. The minimum absolute atomic E-state index is 0.343. The fourth-order valence-electron chi connectivity index (χ4n) is 1.97. The van der Waals surface area contributed by atoms with E-state index in [1.807, 2.05) is 0 Å². The Hall–Kier alpha value is -0.120. The Kier molecular flexibility index (Phi) is 7.88. The molecule has 1 rings (SSSR count). The molecule has 0 aromatic heterocycles. The predicted octanol–water partition coefficient (Wildman–Crippen LogP) is 1.56. The molecule has 1 heterocycles. The van der Waals surface area contributed by atoms with Crippen LogP contribution in [-0.4, -0.2) is 38.0 Å². The number of unbranched alkanes of at least 4 members (excludes halogenated alkanes) is 3. The molecule has 1 aliphatic heterocycles. The van der Waals surface area contributed by atoms with Gasteiger partial charge in [0.05, 0.1) is 0 Å². The average Bonchev–Trinajstić information content (AvgIpc) is 2.29. The van der Waals surface area contributed by atoms with E-state index in [-0.39, 0.29) is 0 Å². The van der Waals surface area contributed by atoms with Crippen molar-refractivity contribution in [3.8, 4) is 0 Å². The molecule has 0 saturated carbocycles. The maximum atomic E-state index is 8.61. The van der Waals surface area contributed by atoms with Crippen molar-refractivity contribution < 1.29 is 9.84 Å². The lowest BCUT2D eigenvalue weighted by molar-refractivity contribution is 0.0663. The van der Waals surface area contributed by atoms with Crippen LogP contribution < -0.4 is 5.32 Å².